The third kappa shape index (κ3) is 3.46. The van der Waals surface area contributed by atoms with Gasteiger partial charge in [-0.3, -0.25) is 10.1 Å². The lowest BCUT2D eigenvalue weighted by Gasteiger charge is -2.28. The number of ether oxygens (including phenoxy) is 2. The van der Waals surface area contributed by atoms with Gasteiger partial charge in [-0.15, -0.1) is 0 Å². The molecule has 2 N–H and O–H groups in total. The van der Waals surface area contributed by atoms with Crippen molar-refractivity contribution in [3.63, 3.8) is 0 Å². The number of carbonyl (C=O) groups is 2. The fourth-order valence-corrected chi connectivity index (χ4v) is 2.30. The molecule has 1 heterocycles. The minimum absolute atomic E-state index is 0.0106. The summed E-state index contributed by atoms with van der Waals surface area (Å²) < 4.78 is 9.74. The predicted molar refractivity (Wildman–Crippen MR) is 78.4 cm³/mol. The van der Waals surface area contributed by atoms with Gasteiger partial charge in [0.05, 0.1) is 36.0 Å². The SMILES string of the molecule is COCC1=C(C(=O)OC)C(c2cccc([N+](=O)[O-])c2)NC(=O)N1. The topological polar surface area (TPSA) is 120 Å². The Hall–Kier alpha value is -2.94. The summed E-state index contributed by atoms with van der Waals surface area (Å²) in [5.41, 5.74) is 0.630. The molecule has 0 bridgehead atoms. The van der Waals surface area contributed by atoms with E-state index in [1.54, 1.807) is 6.07 Å². The minimum Gasteiger partial charge on any atom is -0.466 e. The molecule has 0 spiro atoms. The molecule has 1 aromatic carbocycles. The number of hydrogen-bond donors (Lipinski definition) is 2. The maximum atomic E-state index is 12.1. The first-order valence-corrected chi connectivity index (χ1v) is 6.60. The molecule has 1 aliphatic heterocycles. The van der Waals surface area contributed by atoms with E-state index >= 15 is 0 Å². The zero-order valence-electron chi connectivity index (χ0n) is 12.5. The molecule has 0 saturated carbocycles. The number of amides is 2. The zero-order chi connectivity index (χ0) is 17.0. The molecular weight excluding hydrogens is 306 g/mol. The number of benzene rings is 1. The van der Waals surface area contributed by atoms with Crippen LogP contribution in [0.15, 0.2) is 35.5 Å². The maximum Gasteiger partial charge on any atom is 0.338 e. The first-order valence-electron chi connectivity index (χ1n) is 6.60. The number of methoxy groups -OCH3 is 2. The average molecular weight is 321 g/mol. The van der Waals surface area contributed by atoms with Crippen LogP contribution < -0.4 is 10.6 Å². The van der Waals surface area contributed by atoms with E-state index in [0.29, 0.717) is 5.56 Å². The molecule has 0 aliphatic carbocycles. The molecule has 122 valence electrons. The van der Waals surface area contributed by atoms with Crippen LogP contribution in [-0.4, -0.2) is 37.8 Å². The number of nitrogens with one attached hydrogen (secondary N) is 2. The number of hydrogen-bond acceptors (Lipinski definition) is 6. The van der Waals surface area contributed by atoms with Crippen molar-refractivity contribution in [1.82, 2.24) is 10.6 Å². The Morgan fingerprint density at radius 1 is 1.39 bits per heavy atom. The van der Waals surface area contributed by atoms with E-state index < -0.39 is 23.0 Å². The average Bonchev–Trinajstić information content (AvgIpc) is 2.54. The number of nitro groups is 1. The van der Waals surface area contributed by atoms with Gasteiger partial charge in [-0.25, -0.2) is 9.59 Å². The van der Waals surface area contributed by atoms with Gasteiger partial charge in [0.1, 0.15) is 0 Å². The molecule has 1 aromatic rings. The molecule has 23 heavy (non-hydrogen) atoms. The molecule has 1 atom stereocenters. The molecule has 2 rings (SSSR count). The number of nitrogens with zero attached hydrogens (tertiary/aromatic N) is 1. The number of urea groups is 1. The van der Waals surface area contributed by atoms with E-state index in [4.69, 9.17) is 9.47 Å². The van der Waals surface area contributed by atoms with Crippen molar-refractivity contribution >= 4 is 17.7 Å². The molecule has 1 unspecified atom stereocenters. The highest BCUT2D eigenvalue weighted by Gasteiger charge is 2.33. The van der Waals surface area contributed by atoms with Crippen molar-refractivity contribution in [2.24, 2.45) is 0 Å². The summed E-state index contributed by atoms with van der Waals surface area (Å²) in [7, 11) is 2.62. The van der Waals surface area contributed by atoms with E-state index in [1.165, 1.54) is 32.4 Å². The van der Waals surface area contributed by atoms with E-state index in [9.17, 15) is 19.7 Å². The molecule has 0 aromatic heterocycles. The van der Waals surface area contributed by atoms with E-state index in [0.717, 1.165) is 0 Å². The third-order valence-electron chi connectivity index (χ3n) is 3.26. The Bertz CT molecular complexity index is 685. The second-order valence-electron chi connectivity index (χ2n) is 4.70. The highest BCUT2D eigenvalue weighted by atomic mass is 16.6. The van der Waals surface area contributed by atoms with Gasteiger partial charge in [-0.2, -0.15) is 0 Å². The van der Waals surface area contributed by atoms with Crippen LogP contribution in [-0.2, 0) is 14.3 Å². The molecule has 0 fully saturated rings. The maximum absolute atomic E-state index is 12.1. The Morgan fingerprint density at radius 3 is 2.74 bits per heavy atom. The van der Waals surface area contributed by atoms with Crippen LogP contribution in [0.1, 0.15) is 11.6 Å². The van der Waals surface area contributed by atoms with Crippen LogP contribution in [0.2, 0.25) is 0 Å². The molecule has 1 aliphatic rings. The van der Waals surface area contributed by atoms with E-state index in [1.807, 2.05) is 0 Å². The second-order valence-corrected chi connectivity index (χ2v) is 4.70. The standard InChI is InChI=1S/C14H15N3O6/c1-22-7-10-11(13(18)23-2)12(16-14(19)15-10)8-4-3-5-9(6-8)17(20)21/h3-6,12H,7H2,1-2H3,(H2,15,16,19). The molecule has 2 amide bonds. The first kappa shape index (κ1) is 16.4. The third-order valence-corrected chi connectivity index (χ3v) is 3.26. The van der Waals surface area contributed by atoms with Crippen molar-refractivity contribution < 1.29 is 24.0 Å². The molecule has 9 nitrogen and oxygen atoms in total. The van der Waals surface area contributed by atoms with Crippen LogP contribution >= 0.6 is 0 Å². The van der Waals surface area contributed by atoms with Gasteiger partial charge in [0.2, 0.25) is 0 Å². The zero-order valence-corrected chi connectivity index (χ0v) is 12.5. The fourth-order valence-electron chi connectivity index (χ4n) is 2.30. The van der Waals surface area contributed by atoms with E-state index in [-0.39, 0.29) is 23.6 Å². The Labute approximate surface area is 131 Å². The van der Waals surface area contributed by atoms with Gasteiger partial charge in [-0.1, -0.05) is 12.1 Å². The number of esters is 1. The summed E-state index contributed by atoms with van der Waals surface area (Å²) in [6.45, 7) is -0.0106. The molecule has 0 radical (unpaired) electrons. The van der Waals surface area contributed by atoms with Gasteiger partial charge >= 0.3 is 12.0 Å². The molecule has 9 heteroatoms. The summed E-state index contributed by atoms with van der Waals surface area (Å²) in [5.74, 6) is -0.666. The summed E-state index contributed by atoms with van der Waals surface area (Å²) in [4.78, 5) is 34.3. The van der Waals surface area contributed by atoms with Crippen LogP contribution in [0.4, 0.5) is 10.5 Å². The van der Waals surface area contributed by atoms with Gasteiger partial charge in [0, 0.05) is 19.2 Å². The molecule has 0 saturated heterocycles. The number of rotatable bonds is 5. The van der Waals surface area contributed by atoms with Crippen LogP contribution in [0.25, 0.3) is 0 Å². The van der Waals surface area contributed by atoms with Gasteiger partial charge in [-0.05, 0) is 5.56 Å². The Morgan fingerprint density at radius 2 is 2.13 bits per heavy atom. The lowest BCUT2D eigenvalue weighted by molar-refractivity contribution is -0.384. The number of nitro benzene ring substituents is 1. The van der Waals surface area contributed by atoms with Gasteiger partial charge in [0.15, 0.2) is 0 Å². The highest BCUT2D eigenvalue weighted by molar-refractivity contribution is 5.95. The van der Waals surface area contributed by atoms with Crippen LogP contribution in [0, 0.1) is 10.1 Å². The Kier molecular flexibility index (Phi) is 4.91. The first-order chi connectivity index (χ1) is 11.0. The highest BCUT2D eigenvalue weighted by Crippen LogP contribution is 2.29. The van der Waals surface area contributed by atoms with Crippen molar-refractivity contribution in [3.05, 3.63) is 51.2 Å². The quantitative estimate of drug-likeness (QED) is 0.474. The van der Waals surface area contributed by atoms with Crippen LogP contribution in [0.3, 0.4) is 0 Å². The van der Waals surface area contributed by atoms with Gasteiger partial charge < -0.3 is 20.1 Å². The van der Waals surface area contributed by atoms with E-state index in [2.05, 4.69) is 10.6 Å². The van der Waals surface area contributed by atoms with Crippen molar-refractivity contribution in [3.8, 4) is 0 Å². The summed E-state index contributed by atoms with van der Waals surface area (Å²) in [5, 5.41) is 16.0. The Balaban J connectivity index is 2.54. The van der Waals surface area contributed by atoms with Crippen molar-refractivity contribution in [2.45, 2.75) is 6.04 Å². The monoisotopic (exact) mass is 321 g/mol. The second kappa shape index (κ2) is 6.88. The summed E-state index contributed by atoms with van der Waals surface area (Å²) in [6, 6.07) is 4.26. The lowest BCUT2D eigenvalue weighted by atomic mass is 9.95. The van der Waals surface area contributed by atoms with Crippen LogP contribution in [0.5, 0.6) is 0 Å². The number of carbonyl (C=O) groups excluding carboxylic acids is 2. The molecular formula is C14H15N3O6. The minimum atomic E-state index is -0.874. The lowest BCUT2D eigenvalue weighted by Crippen LogP contribution is -2.46. The van der Waals surface area contributed by atoms with Crippen molar-refractivity contribution in [1.29, 1.82) is 0 Å². The normalized spacial score (nSPS) is 17.3. The smallest absolute Gasteiger partial charge is 0.338 e. The predicted octanol–water partition coefficient (Wildman–Crippen LogP) is 1.02. The largest absolute Gasteiger partial charge is 0.466 e. The van der Waals surface area contributed by atoms with Crippen molar-refractivity contribution in [2.75, 3.05) is 20.8 Å². The fraction of sp³-hybridized carbons (Fsp3) is 0.286. The van der Waals surface area contributed by atoms with Gasteiger partial charge in [0.25, 0.3) is 5.69 Å². The summed E-state index contributed by atoms with van der Waals surface area (Å²) >= 11 is 0. The number of non-ortho nitro benzene ring substituents is 1. The summed E-state index contributed by atoms with van der Waals surface area (Å²) in [6.07, 6.45) is 0.